The van der Waals surface area contributed by atoms with E-state index in [1.165, 1.54) is 49.1 Å². The maximum Gasteiger partial charge on any atom is 0.134 e. The molecule has 2 nitrogen and oxygen atoms in total. The van der Waals surface area contributed by atoms with Gasteiger partial charge in [0.15, 0.2) is 0 Å². The highest BCUT2D eigenvalue weighted by atomic mass is 79.9. The molecule has 2 aromatic heterocycles. The van der Waals surface area contributed by atoms with Gasteiger partial charge in [-0.25, -0.2) is 4.98 Å². The van der Waals surface area contributed by atoms with Crippen LogP contribution in [0.2, 0.25) is 0 Å². The molecular formula is C14H17BrN2S2. The first-order chi connectivity index (χ1) is 9.19. The Balaban J connectivity index is 1.97. The van der Waals surface area contributed by atoms with Crippen LogP contribution in [0.4, 0.5) is 0 Å². The molecule has 3 rings (SSSR count). The van der Waals surface area contributed by atoms with Gasteiger partial charge in [0.05, 0.1) is 16.6 Å². The largest absolute Gasteiger partial charge is 0.309 e. The molecule has 0 aliphatic heterocycles. The Labute approximate surface area is 130 Å². The summed E-state index contributed by atoms with van der Waals surface area (Å²) in [5, 5.41) is 4.75. The summed E-state index contributed by atoms with van der Waals surface area (Å²) >= 11 is 7.30. The molecule has 0 spiro atoms. The van der Waals surface area contributed by atoms with Gasteiger partial charge in [-0.3, -0.25) is 0 Å². The van der Waals surface area contributed by atoms with E-state index in [-0.39, 0.29) is 0 Å². The summed E-state index contributed by atoms with van der Waals surface area (Å²) < 4.78 is 1.20. The highest BCUT2D eigenvalue weighted by molar-refractivity contribution is 9.10. The van der Waals surface area contributed by atoms with E-state index in [2.05, 4.69) is 41.2 Å². The molecule has 1 aliphatic carbocycles. The molecular weight excluding hydrogens is 340 g/mol. The zero-order chi connectivity index (χ0) is 13.4. The van der Waals surface area contributed by atoms with Crippen molar-refractivity contribution in [1.82, 2.24) is 10.3 Å². The van der Waals surface area contributed by atoms with Crippen LogP contribution in [0.15, 0.2) is 10.5 Å². The predicted octanol–water partition coefficient (Wildman–Crippen LogP) is 4.93. The summed E-state index contributed by atoms with van der Waals surface area (Å²) in [7, 11) is 0. The van der Waals surface area contributed by atoms with E-state index in [0.717, 1.165) is 6.54 Å². The van der Waals surface area contributed by atoms with Crippen molar-refractivity contribution in [3.05, 3.63) is 26.0 Å². The summed E-state index contributed by atoms with van der Waals surface area (Å²) in [6, 6.07) is 2.66. The van der Waals surface area contributed by atoms with Crippen molar-refractivity contribution >= 4 is 38.6 Å². The number of fused-ring (bicyclic) bond motifs is 1. The first-order valence-electron chi connectivity index (χ1n) is 6.68. The van der Waals surface area contributed by atoms with Crippen LogP contribution in [-0.4, -0.2) is 11.5 Å². The quantitative estimate of drug-likeness (QED) is 0.843. The lowest BCUT2D eigenvalue weighted by Crippen LogP contribution is -2.24. The number of nitrogens with zero attached hydrogens (tertiary/aromatic N) is 1. The molecule has 1 atom stereocenters. The Morgan fingerprint density at radius 1 is 1.47 bits per heavy atom. The molecule has 0 fully saturated rings. The second-order valence-electron chi connectivity index (χ2n) is 4.84. The fraction of sp³-hybridized carbons (Fsp3) is 0.500. The summed E-state index contributed by atoms with van der Waals surface area (Å²) in [5.41, 5.74) is 1.30. The van der Waals surface area contributed by atoms with Crippen LogP contribution in [0, 0.1) is 6.92 Å². The summed E-state index contributed by atoms with van der Waals surface area (Å²) in [4.78, 5) is 9.02. The molecule has 0 saturated heterocycles. The Hall–Kier alpha value is -0.230. The lowest BCUT2D eigenvalue weighted by atomic mass is 9.98. The molecule has 0 bridgehead atoms. The van der Waals surface area contributed by atoms with Crippen LogP contribution in [-0.2, 0) is 6.42 Å². The molecule has 0 amide bonds. The molecule has 2 aromatic rings. The van der Waals surface area contributed by atoms with Crippen molar-refractivity contribution in [1.29, 1.82) is 0 Å². The molecule has 2 heterocycles. The van der Waals surface area contributed by atoms with Gasteiger partial charge >= 0.3 is 0 Å². The number of thiophene rings is 1. The Morgan fingerprint density at radius 3 is 3.00 bits per heavy atom. The first-order valence-corrected chi connectivity index (χ1v) is 9.11. The van der Waals surface area contributed by atoms with Gasteiger partial charge in [-0.2, -0.15) is 0 Å². The van der Waals surface area contributed by atoms with Crippen LogP contribution >= 0.6 is 38.6 Å². The maximum atomic E-state index is 4.92. The molecule has 102 valence electrons. The second kappa shape index (κ2) is 5.64. The van der Waals surface area contributed by atoms with Crippen LogP contribution in [0.5, 0.6) is 0 Å². The molecule has 0 saturated carbocycles. The van der Waals surface area contributed by atoms with Crippen molar-refractivity contribution < 1.29 is 0 Å². The molecule has 0 radical (unpaired) electrons. The van der Waals surface area contributed by atoms with Gasteiger partial charge in [-0.05, 0) is 54.7 Å². The Bertz CT molecular complexity index is 569. The topological polar surface area (TPSA) is 24.9 Å². The van der Waals surface area contributed by atoms with Crippen molar-refractivity contribution in [2.24, 2.45) is 0 Å². The third-order valence-corrected chi connectivity index (χ3v) is 6.91. The predicted molar refractivity (Wildman–Crippen MR) is 87.2 cm³/mol. The molecule has 1 aliphatic rings. The number of hydrogen-bond acceptors (Lipinski definition) is 4. The van der Waals surface area contributed by atoms with Gasteiger partial charge in [0, 0.05) is 14.2 Å². The molecule has 1 N–H and O–H groups in total. The second-order valence-corrected chi connectivity index (χ2v) is 8.04. The summed E-state index contributed by atoms with van der Waals surface area (Å²) in [5.74, 6) is 0. The van der Waals surface area contributed by atoms with E-state index in [0.29, 0.717) is 6.04 Å². The van der Waals surface area contributed by atoms with Gasteiger partial charge in [0.2, 0.25) is 0 Å². The maximum absolute atomic E-state index is 4.92. The number of thiazole rings is 1. The van der Waals surface area contributed by atoms with Crippen LogP contribution in [0.1, 0.15) is 41.3 Å². The standard InChI is InChI=1S/C14H17BrN2S2/c1-3-16-10-5-4-6-11-13(10)17-14(19-11)12-7-9(15)8(2)18-12/h7,10,16H,3-6H2,1-2H3. The van der Waals surface area contributed by atoms with Crippen molar-refractivity contribution in [3.8, 4) is 9.88 Å². The number of aryl methyl sites for hydroxylation is 2. The minimum absolute atomic E-state index is 0.461. The van der Waals surface area contributed by atoms with E-state index < -0.39 is 0 Å². The lowest BCUT2D eigenvalue weighted by Gasteiger charge is -2.21. The highest BCUT2D eigenvalue weighted by Gasteiger charge is 2.24. The van der Waals surface area contributed by atoms with E-state index >= 15 is 0 Å². The molecule has 19 heavy (non-hydrogen) atoms. The number of hydrogen-bond donors (Lipinski definition) is 1. The Morgan fingerprint density at radius 2 is 2.32 bits per heavy atom. The fourth-order valence-electron chi connectivity index (χ4n) is 2.53. The highest BCUT2D eigenvalue weighted by Crippen LogP contribution is 2.41. The Kier molecular flexibility index (Phi) is 4.08. The van der Waals surface area contributed by atoms with E-state index in [1.54, 1.807) is 0 Å². The van der Waals surface area contributed by atoms with Crippen molar-refractivity contribution in [3.63, 3.8) is 0 Å². The van der Waals surface area contributed by atoms with Crippen LogP contribution < -0.4 is 5.32 Å². The van der Waals surface area contributed by atoms with Gasteiger partial charge < -0.3 is 5.32 Å². The SMILES string of the molecule is CCNC1CCCc2sc(-c3cc(Br)c(C)s3)nc21. The number of halogens is 1. The number of aromatic nitrogens is 1. The van der Waals surface area contributed by atoms with Gasteiger partial charge in [-0.15, -0.1) is 22.7 Å². The molecule has 5 heteroatoms. The summed E-state index contributed by atoms with van der Waals surface area (Å²) in [6.45, 7) is 5.33. The van der Waals surface area contributed by atoms with Gasteiger partial charge in [0.25, 0.3) is 0 Å². The number of nitrogens with one attached hydrogen (secondary N) is 1. The van der Waals surface area contributed by atoms with E-state index in [9.17, 15) is 0 Å². The minimum atomic E-state index is 0.461. The van der Waals surface area contributed by atoms with Crippen LogP contribution in [0.25, 0.3) is 9.88 Å². The molecule has 1 unspecified atom stereocenters. The average Bonchev–Trinajstić information content (AvgIpc) is 2.95. The fourth-order valence-corrected chi connectivity index (χ4v) is 5.28. The van der Waals surface area contributed by atoms with Gasteiger partial charge in [-0.1, -0.05) is 6.92 Å². The van der Waals surface area contributed by atoms with Crippen molar-refractivity contribution in [2.45, 2.75) is 39.2 Å². The summed E-state index contributed by atoms with van der Waals surface area (Å²) in [6.07, 6.45) is 3.69. The zero-order valence-electron chi connectivity index (χ0n) is 11.1. The third-order valence-electron chi connectivity index (χ3n) is 3.47. The van der Waals surface area contributed by atoms with E-state index in [4.69, 9.17) is 4.98 Å². The van der Waals surface area contributed by atoms with Crippen molar-refractivity contribution in [2.75, 3.05) is 6.54 Å². The zero-order valence-corrected chi connectivity index (χ0v) is 14.3. The minimum Gasteiger partial charge on any atom is -0.309 e. The monoisotopic (exact) mass is 356 g/mol. The van der Waals surface area contributed by atoms with Gasteiger partial charge in [0.1, 0.15) is 5.01 Å². The third kappa shape index (κ3) is 2.66. The smallest absolute Gasteiger partial charge is 0.134 e. The molecule has 0 aromatic carbocycles. The average molecular weight is 357 g/mol. The number of rotatable bonds is 3. The van der Waals surface area contributed by atoms with E-state index in [1.807, 2.05) is 22.7 Å². The first kappa shape index (κ1) is 13.7. The van der Waals surface area contributed by atoms with Crippen LogP contribution in [0.3, 0.4) is 0 Å². The normalized spacial score (nSPS) is 18.6. The lowest BCUT2D eigenvalue weighted by molar-refractivity contribution is 0.465.